The summed E-state index contributed by atoms with van der Waals surface area (Å²) in [6, 6.07) is 0. The van der Waals surface area contributed by atoms with Gasteiger partial charge in [0.25, 0.3) is 0 Å². The van der Waals surface area contributed by atoms with Gasteiger partial charge in [-0.1, -0.05) is 0 Å². The number of rotatable bonds is 4. The molecule has 130 valence electrons. The molecule has 0 aromatic rings. The molecule has 2 heterocycles. The van der Waals surface area contributed by atoms with E-state index in [2.05, 4.69) is 0 Å². The molecule has 22 heavy (non-hydrogen) atoms. The van der Waals surface area contributed by atoms with E-state index < -0.39 is 68.5 Å². The fourth-order valence-electron chi connectivity index (χ4n) is 2.46. The lowest BCUT2D eigenvalue weighted by Gasteiger charge is -2.43. The van der Waals surface area contributed by atoms with Gasteiger partial charge >= 0.3 is 0 Å². The zero-order valence-corrected chi connectivity index (χ0v) is 11.7. The van der Waals surface area contributed by atoms with E-state index in [1.54, 1.807) is 0 Å². The van der Waals surface area contributed by atoms with Crippen LogP contribution in [0.4, 0.5) is 0 Å². The standard InChI is InChI=1S/C12H22O10/c13-2-4-1-5(15)7(16)11(20-4)22-12-10(19)9(18)8(17)6(3-14)21-12/h4-19H,1-3H2/t4?,5?,6?,7?,8-,9?,10?,11-,12-/m1/s1. The quantitative estimate of drug-likeness (QED) is 0.268. The van der Waals surface area contributed by atoms with Crippen molar-refractivity contribution in [1.29, 1.82) is 0 Å². The zero-order valence-electron chi connectivity index (χ0n) is 11.7. The second-order valence-electron chi connectivity index (χ2n) is 5.44. The first kappa shape index (κ1) is 17.9. The van der Waals surface area contributed by atoms with E-state index in [1.807, 2.05) is 0 Å². The van der Waals surface area contributed by atoms with Gasteiger partial charge in [0.1, 0.15) is 30.5 Å². The second-order valence-corrected chi connectivity index (χ2v) is 5.44. The van der Waals surface area contributed by atoms with Crippen LogP contribution in [-0.2, 0) is 14.2 Å². The van der Waals surface area contributed by atoms with Crippen LogP contribution in [0.5, 0.6) is 0 Å². The lowest BCUT2D eigenvalue weighted by atomic mass is 9.99. The highest BCUT2D eigenvalue weighted by atomic mass is 16.8. The number of hydrogen-bond acceptors (Lipinski definition) is 10. The van der Waals surface area contributed by atoms with Crippen molar-refractivity contribution < 1.29 is 50.0 Å². The van der Waals surface area contributed by atoms with Gasteiger partial charge in [0.05, 0.1) is 25.4 Å². The Morgan fingerprint density at radius 1 is 0.773 bits per heavy atom. The normalized spacial score (nSPS) is 50.0. The Kier molecular flexibility index (Phi) is 6.07. The Bertz CT molecular complexity index is 353. The summed E-state index contributed by atoms with van der Waals surface area (Å²) in [6.07, 6.45) is -12.3. The molecule has 0 radical (unpaired) electrons. The van der Waals surface area contributed by atoms with Crippen LogP contribution in [0.25, 0.3) is 0 Å². The van der Waals surface area contributed by atoms with Gasteiger partial charge < -0.3 is 50.0 Å². The Morgan fingerprint density at radius 3 is 2.00 bits per heavy atom. The molecule has 2 rings (SSSR count). The Morgan fingerprint density at radius 2 is 1.41 bits per heavy atom. The van der Waals surface area contributed by atoms with Gasteiger partial charge in [-0.15, -0.1) is 0 Å². The Labute approximate surface area is 126 Å². The van der Waals surface area contributed by atoms with Crippen LogP contribution in [0.3, 0.4) is 0 Å². The number of aliphatic hydroxyl groups is 7. The topological polar surface area (TPSA) is 169 Å². The molecular weight excluding hydrogens is 304 g/mol. The third-order valence-corrected chi connectivity index (χ3v) is 3.82. The highest BCUT2D eigenvalue weighted by Gasteiger charge is 2.47. The smallest absolute Gasteiger partial charge is 0.189 e. The monoisotopic (exact) mass is 326 g/mol. The fraction of sp³-hybridized carbons (Fsp3) is 1.00. The third kappa shape index (κ3) is 3.57. The highest BCUT2D eigenvalue weighted by Crippen LogP contribution is 2.27. The third-order valence-electron chi connectivity index (χ3n) is 3.82. The maximum absolute atomic E-state index is 9.84. The van der Waals surface area contributed by atoms with E-state index in [-0.39, 0.29) is 6.42 Å². The molecule has 0 aliphatic carbocycles. The van der Waals surface area contributed by atoms with Gasteiger partial charge in [-0.3, -0.25) is 0 Å². The first-order chi connectivity index (χ1) is 10.4. The fourth-order valence-corrected chi connectivity index (χ4v) is 2.46. The van der Waals surface area contributed by atoms with E-state index in [0.717, 1.165) is 0 Å². The van der Waals surface area contributed by atoms with Crippen molar-refractivity contribution in [3.05, 3.63) is 0 Å². The number of hydrogen-bond donors (Lipinski definition) is 7. The van der Waals surface area contributed by atoms with Crippen molar-refractivity contribution >= 4 is 0 Å². The average molecular weight is 326 g/mol. The van der Waals surface area contributed by atoms with Gasteiger partial charge in [0.2, 0.25) is 0 Å². The van der Waals surface area contributed by atoms with Crippen molar-refractivity contribution in [1.82, 2.24) is 0 Å². The lowest BCUT2D eigenvalue weighted by molar-refractivity contribution is -0.367. The van der Waals surface area contributed by atoms with Crippen LogP contribution in [0.15, 0.2) is 0 Å². The summed E-state index contributed by atoms with van der Waals surface area (Å²) in [7, 11) is 0. The van der Waals surface area contributed by atoms with Crippen LogP contribution in [0.1, 0.15) is 6.42 Å². The molecule has 10 nitrogen and oxygen atoms in total. The molecular formula is C12H22O10. The maximum Gasteiger partial charge on any atom is 0.189 e. The average Bonchev–Trinajstić information content (AvgIpc) is 2.51. The van der Waals surface area contributed by atoms with Gasteiger partial charge in [0, 0.05) is 6.42 Å². The van der Waals surface area contributed by atoms with Crippen LogP contribution in [-0.4, -0.2) is 104 Å². The van der Waals surface area contributed by atoms with E-state index in [0.29, 0.717) is 0 Å². The minimum atomic E-state index is -1.65. The molecule has 10 heteroatoms. The molecule has 0 saturated carbocycles. The molecule has 0 amide bonds. The van der Waals surface area contributed by atoms with Crippen molar-refractivity contribution in [2.75, 3.05) is 13.2 Å². The molecule has 2 aliphatic rings. The van der Waals surface area contributed by atoms with E-state index >= 15 is 0 Å². The van der Waals surface area contributed by atoms with Gasteiger partial charge in [-0.2, -0.15) is 0 Å². The first-order valence-corrected chi connectivity index (χ1v) is 6.97. The Hall–Kier alpha value is -0.400. The zero-order chi connectivity index (χ0) is 16.4. The molecule has 0 bridgehead atoms. The summed E-state index contributed by atoms with van der Waals surface area (Å²) in [5, 5.41) is 66.8. The summed E-state index contributed by atoms with van der Waals surface area (Å²) in [5.74, 6) is 0. The molecule has 0 aromatic heterocycles. The van der Waals surface area contributed by atoms with Crippen molar-refractivity contribution in [3.8, 4) is 0 Å². The second kappa shape index (κ2) is 7.45. The summed E-state index contributed by atoms with van der Waals surface area (Å²) >= 11 is 0. The molecule has 9 atom stereocenters. The van der Waals surface area contributed by atoms with Crippen molar-refractivity contribution in [2.24, 2.45) is 0 Å². The van der Waals surface area contributed by atoms with Crippen molar-refractivity contribution in [2.45, 2.75) is 61.7 Å². The summed E-state index contributed by atoms with van der Waals surface area (Å²) < 4.78 is 15.6. The van der Waals surface area contributed by atoms with E-state index in [1.165, 1.54) is 0 Å². The predicted octanol–water partition coefficient (Wildman–Crippen LogP) is -4.37. The van der Waals surface area contributed by atoms with Crippen molar-refractivity contribution in [3.63, 3.8) is 0 Å². The number of ether oxygens (including phenoxy) is 3. The van der Waals surface area contributed by atoms with Crippen LogP contribution in [0, 0.1) is 0 Å². The molecule has 2 fully saturated rings. The minimum absolute atomic E-state index is 0.00616. The summed E-state index contributed by atoms with van der Waals surface area (Å²) in [5.41, 5.74) is 0. The molecule has 0 spiro atoms. The SMILES string of the molecule is OCC1CC(O)C(O)[C@@H](O[C@H]2OC(CO)[C@@H](O)C(O)C2O)O1. The largest absolute Gasteiger partial charge is 0.394 e. The minimum Gasteiger partial charge on any atom is -0.394 e. The summed E-state index contributed by atoms with van der Waals surface area (Å²) in [4.78, 5) is 0. The highest BCUT2D eigenvalue weighted by molar-refractivity contribution is 4.90. The molecule has 7 N–H and O–H groups in total. The van der Waals surface area contributed by atoms with Crippen LogP contribution < -0.4 is 0 Å². The van der Waals surface area contributed by atoms with Crippen LogP contribution >= 0.6 is 0 Å². The Balaban J connectivity index is 2.04. The van der Waals surface area contributed by atoms with E-state index in [9.17, 15) is 25.5 Å². The van der Waals surface area contributed by atoms with Gasteiger partial charge in [0.15, 0.2) is 12.6 Å². The lowest BCUT2D eigenvalue weighted by Crippen LogP contribution is -2.61. The first-order valence-electron chi connectivity index (χ1n) is 6.97. The molecule has 2 aliphatic heterocycles. The number of aliphatic hydroxyl groups excluding tert-OH is 7. The van der Waals surface area contributed by atoms with Gasteiger partial charge in [-0.05, 0) is 0 Å². The molecule has 6 unspecified atom stereocenters. The maximum atomic E-state index is 9.84. The molecule has 0 aromatic carbocycles. The predicted molar refractivity (Wildman–Crippen MR) is 67.2 cm³/mol. The van der Waals surface area contributed by atoms with Gasteiger partial charge in [-0.25, -0.2) is 0 Å². The molecule has 2 saturated heterocycles. The summed E-state index contributed by atoms with van der Waals surface area (Å²) in [6.45, 7) is -1.03. The van der Waals surface area contributed by atoms with Crippen LogP contribution in [0.2, 0.25) is 0 Å². The van der Waals surface area contributed by atoms with E-state index in [4.69, 9.17) is 24.4 Å².